The van der Waals surface area contributed by atoms with Crippen LogP contribution in [0.25, 0.3) is 0 Å². The van der Waals surface area contributed by atoms with Gasteiger partial charge in [0.1, 0.15) is 12.4 Å². The molecule has 1 aliphatic heterocycles. The topological polar surface area (TPSA) is 54.5 Å². The Hall–Kier alpha value is -2.40. The van der Waals surface area contributed by atoms with Gasteiger partial charge in [-0.1, -0.05) is 24.3 Å². The Balaban J connectivity index is 1.40. The maximum absolute atomic E-state index is 12.1. The van der Waals surface area contributed by atoms with E-state index in [-0.39, 0.29) is 5.91 Å². The van der Waals surface area contributed by atoms with Crippen molar-refractivity contribution in [2.45, 2.75) is 19.4 Å². The first-order valence-electron chi connectivity index (χ1n) is 8.41. The molecule has 1 aliphatic rings. The van der Waals surface area contributed by atoms with E-state index in [9.17, 15) is 4.79 Å². The minimum absolute atomic E-state index is 0.0652. The van der Waals surface area contributed by atoms with Gasteiger partial charge in [-0.15, -0.1) is 0 Å². The molecule has 0 saturated carbocycles. The SMILES string of the molecule is O=C(CN1CCOc2ccccc2C1)NCCCc1ccccn1. The third-order valence-corrected chi connectivity index (χ3v) is 4.06. The molecule has 126 valence electrons. The lowest BCUT2D eigenvalue weighted by Gasteiger charge is -2.18. The first-order valence-corrected chi connectivity index (χ1v) is 8.41. The molecular formula is C19H23N3O2. The van der Waals surface area contributed by atoms with Gasteiger partial charge in [0.25, 0.3) is 0 Å². The molecule has 2 heterocycles. The number of aromatic nitrogens is 1. The van der Waals surface area contributed by atoms with Crippen LogP contribution in [0.4, 0.5) is 0 Å². The second kappa shape index (κ2) is 8.45. The number of hydrogen-bond donors (Lipinski definition) is 1. The second-order valence-corrected chi connectivity index (χ2v) is 5.94. The number of aryl methyl sites for hydroxylation is 1. The third kappa shape index (κ3) is 4.80. The Morgan fingerprint density at radius 2 is 2.08 bits per heavy atom. The summed E-state index contributed by atoms with van der Waals surface area (Å²) in [5.74, 6) is 0.992. The molecule has 0 unspecified atom stereocenters. The predicted octanol–water partition coefficient (Wildman–Crippen LogP) is 2.02. The fraction of sp³-hybridized carbons (Fsp3) is 0.368. The monoisotopic (exact) mass is 325 g/mol. The van der Waals surface area contributed by atoms with Crippen molar-refractivity contribution in [3.05, 3.63) is 59.9 Å². The average Bonchev–Trinajstić information content (AvgIpc) is 2.81. The highest BCUT2D eigenvalue weighted by molar-refractivity contribution is 5.78. The number of rotatable bonds is 6. The van der Waals surface area contributed by atoms with E-state index in [4.69, 9.17) is 4.74 Å². The van der Waals surface area contributed by atoms with Crippen LogP contribution in [0, 0.1) is 0 Å². The minimum atomic E-state index is 0.0652. The second-order valence-electron chi connectivity index (χ2n) is 5.94. The molecule has 1 aromatic carbocycles. The zero-order chi connectivity index (χ0) is 16.6. The molecule has 5 nitrogen and oxygen atoms in total. The highest BCUT2D eigenvalue weighted by Crippen LogP contribution is 2.22. The zero-order valence-corrected chi connectivity index (χ0v) is 13.8. The summed E-state index contributed by atoms with van der Waals surface area (Å²) < 4.78 is 5.73. The fourth-order valence-electron chi connectivity index (χ4n) is 2.82. The van der Waals surface area contributed by atoms with Crippen molar-refractivity contribution in [1.82, 2.24) is 15.2 Å². The van der Waals surface area contributed by atoms with Crippen molar-refractivity contribution >= 4 is 5.91 Å². The molecule has 0 spiro atoms. The summed E-state index contributed by atoms with van der Waals surface area (Å²) in [6.07, 6.45) is 3.58. The summed E-state index contributed by atoms with van der Waals surface area (Å²) in [6.45, 7) is 3.20. The molecule has 0 atom stereocenters. The molecule has 5 heteroatoms. The number of benzene rings is 1. The number of fused-ring (bicyclic) bond motifs is 1. The summed E-state index contributed by atoms with van der Waals surface area (Å²) >= 11 is 0. The van der Waals surface area contributed by atoms with E-state index in [0.29, 0.717) is 19.7 Å². The van der Waals surface area contributed by atoms with Gasteiger partial charge in [-0.05, 0) is 31.0 Å². The quantitative estimate of drug-likeness (QED) is 0.826. The fourth-order valence-corrected chi connectivity index (χ4v) is 2.82. The van der Waals surface area contributed by atoms with Crippen molar-refractivity contribution in [2.75, 3.05) is 26.2 Å². The van der Waals surface area contributed by atoms with Crippen molar-refractivity contribution < 1.29 is 9.53 Å². The van der Waals surface area contributed by atoms with Crippen LogP contribution < -0.4 is 10.1 Å². The maximum atomic E-state index is 12.1. The Morgan fingerprint density at radius 3 is 2.96 bits per heavy atom. The maximum Gasteiger partial charge on any atom is 0.234 e. The number of pyridine rings is 1. The number of nitrogens with one attached hydrogen (secondary N) is 1. The number of nitrogens with zero attached hydrogens (tertiary/aromatic N) is 2. The molecular weight excluding hydrogens is 302 g/mol. The summed E-state index contributed by atoms with van der Waals surface area (Å²) in [7, 11) is 0. The summed E-state index contributed by atoms with van der Waals surface area (Å²) in [5.41, 5.74) is 2.20. The van der Waals surface area contributed by atoms with E-state index >= 15 is 0 Å². The molecule has 0 bridgehead atoms. The lowest BCUT2D eigenvalue weighted by molar-refractivity contribution is -0.122. The standard InChI is InChI=1S/C19H23N3O2/c23-19(21-11-5-8-17-7-3-4-10-20-17)15-22-12-13-24-18-9-2-1-6-16(18)14-22/h1-4,6-7,9-10H,5,8,11-15H2,(H,21,23). The molecule has 0 fully saturated rings. The van der Waals surface area contributed by atoms with Gasteiger partial charge >= 0.3 is 0 Å². The van der Waals surface area contributed by atoms with Gasteiger partial charge < -0.3 is 10.1 Å². The van der Waals surface area contributed by atoms with Crippen LogP contribution >= 0.6 is 0 Å². The van der Waals surface area contributed by atoms with Crippen molar-refractivity contribution in [3.63, 3.8) is 0 Å². The molecule has 0 aliphatic carbocycles. The molecule has 2 aromatic rings. The van der Waals surface area contributed by atoms with E-state index in [1.165, 1.54) is 0 Å². The van der Waals surface area contributed by atoms with Gasteiger partial charge in [0.15, 0.2) is 0 Å². The summed E-state index contributed by atoms with van der Waals surface area (Å²) in [4.78, 5) is 18.5. The van der Waals surface area contributed by atoms with Crippen LogP contribution in [0.3, 0.4) is 0 Å². The van der Waals surface area contributed by atoms with Gasteiger partial charge in [-0.2, -0.15) is 0 Å². The van der Waals surface area contributed by atoms with Crippen LogP contribution in [0.15, 0.2) is 48.7 Å². The number of carbonyl (C=O) groups is 1. The smallest absolute Gasteiger partial charge is 0.234 e. The Kier molecular flexibility index (Phi) is 5.80. The summed E-state index contributed by atoms with van der Waals surface area (Å²) in [6, 6.07) is 13.9. The Morgan fingerprint density at radius 1 is 1.21 bits per heavy atom. The van der Waals surface area contributed by atoms with Crippen molar-refractivity contribution in [2.24, 2.45) is 0 Å². The van der Waals surface area contributed by atoms with Crippen LogP contribution in [0.1, 0.15) is 17.7 Å². The highest BCUT2D eigenvalue weighted by atomic mass is 16.5. The number of amides is 1. The first-order chi connectivity index (χ1) is 11.8. The molecule has 1 amide bonds. The normalized spacial score (nSPS) is 14.3. The predicted molar refractivity (Wildman–Crippen MR) is 92.8 cm³/mol. The minimum Gasteiger partial charge on any atom is -0.492 e. The zero-order valence-electron chi connectivity index (χ0n) is 13.8. The van der Waals surface area contributed by atoms with E-state index in [1.807, 2.05) is 36.4 Å². The lowest BCUT2D eigenvalue weighted by atomic mass is 10.2. The van der Waals surface area contributed by atoms with Gasteiger partial charge in [-0.25, -0.2) is 0 Å². The van der Waals surface area contributed by atoms with Crippen LogP contribution in [0.2, 0.25) is 0 Å². The lowest BCUT2D eigenvalue weighted by Crippen LogP contribution is -2.38. The van der Waals surface area contributed by atoms with Crippen molar-refractivity contribution in [1.29, 1.82) is 0 Å². The Bertz CT molecular complexity index is 661. The van der Waals surface area contributed by atoms with E-state index in [1.54, 1.807) is 6.20 Å². The molecule has 1 N–H and O–H groups in total. The number of para-hydroxylation sites is 1. The van der Waals surface area contributed by atoms with Gasteiger partial charge in [0, 0.05) is 37.1 Å². The molecule has 1 aromatic heterocycles. The molecule has 0 saturated heterocycles. The molecule has 3 rings (SSSR count). The van der Waals surface area contributed by atoms with Crippen LogP contribution in [0.5, 0.6) is 5.75 Å². The summed E-state index contributed by atoms with van der Waals surface area (Å²) in [5, 5.41) is 3.00. The number of ether oxygens (including phenoxy) is 1. The van der Waals surface area contributed by atoms with Gasteiger partial charge in [-0.3, -0.25) is 14.7 Å². The van der Waals surface area contributed by atoms with Crippen molar-refractivity contribution in [3.8, 4) is 5.75 Å². The largest absolute Gasteiger partial charge is 0.492 e. The van der Waals surface area contributed by atoms with E-state index in [2.05, 4.69) is 21.3 Å². The number of carbonyl (C=O) groups excluding carboxylic acids is 1. The molecule has 24 heavy (non-hydrogen) atoms. The van der Waals surface area contributed by atoms with Gasteiger partial charge in [0.2, 0.25) is 5.91 Å². The van der Waals surface area contributed by atoms with Crippen LogP contribution in [-0.2, 0) is 17.8 Å². The van der Waals surface area contributed by atoms with E-state index < -0.39 is 0 Å². The average molecular weight is 325 g/mol. The van der Waals surface area contributed by atoms with Crippen LogP contribution in [-0.4, -0.2) is 42.0 Å². The third-order valence-electron chi connectivity index (χ3n) is 4.06. The molecule has 0 radical (unpaired) electrons. The van der Waals surface area contributed by atoms with Gasteiger partial charge in [0.05, 0.1) is 6.54 Å². The number of hydrogen-bond acceptors (Lipinski definition) is 4. The Labute approximate surface area is 142 Å². The van der Waals surface area contributed by atoms with E-state index in [0.717, 1.165) is 42.9 Å². The highest BCUT2D eigenvalue weighted by Gasteiger charge is 2.16. The first kappa shape index (κ1) is 16.5.